The maximum absolute atomic E-state index is 13.6. The molecule has 7 heterocycles. The van der Waals surface area contributed by atoms with Crippen molar-refractivity contribution >= 4 is 83.6 Å². The van der Waals surface area contributed by atoms with Gasteiger partial charge < -0.3 is 68.3 Å². The fourth-order valence-electron chi connectivity index (χ4n) is 5.45. The molecular formula is C21H23N9Na2O10P2S3. The number of nitrogens with one attached hydrogen (secondary N) is 1. The van der Waals surface area contributed by atoms with Crippen molar-refractivity contribution in [1.29, 1.82) is 0 Å². The van der Waals surface area contributed by atoms with E-state index in [4.69, 9.17) is 68.3 Å². The number of hydrogen-bond donors (Lipinski definition) is 3. The molecule has 2 unspecified atom stereocenters. The summed E-state index contributed by atoms with van der Waals surface area (Å²) >= 11 is 11.6. The smallest absolute Gasteiger partial charge is 0.660 e. The Morgan fingerprint density at radius 3 is 2.47 bits per heavy atom. The standard InChI is InChI=1S/C21H25N9O10P2S3.2Na/c1-34-14-10-4-36-41(32,43)39-7-2-8(16-11-12(29-45-16)17(22)25-5-24-11)37-9(7)3-35-42(33,44)40-15(14)20(38-10)30-6-26-13-18(30)27-21(23)28-19(13)31;;/h5-10,14-15,20H,2-4H2,1H3,(H,32,43)(H,33,44)(H2,22,24,25)(H3,23,27,28,31);;/q;2*+1/p-2/t7-,8+,9+,10+,14+,15+,20+,41?,42?;;/m0../s1. The van der Waals surface area contributed by atoms with Crippen LogP contribution in [0.1, 0.15) is 23.6 Å². The number of ether oxygens (including phenoxy) is 3. The summed E-state index contributed by atoms with van der Waals surface area (Å²) in [7, 11) is 1.35. The van der Waals surface area contributed by atoms with Gasteiger partial charge in [0.05, 0.1) is 36.6 Å². The Kier molecular flexibility index (Phi) is 12.0. The number of aromatic nitrogens is 7. The molecule has 7 rings (SSSR count). The zero-order valence-electron chi connectivity index (χ0n) is 24.9. The maximum Gasteiger partial charge on any atom is 1.00 e. The van der Waals surface area contributed by atoms with Gasteiger partial charge in [-0.1, -0.05) is 0 Å². The van der Waals surface area contributed by atoms with Crippen molar-refractivity contribution in [3.8, 4) is 0 Å². The number of anilines is 2. The molecule has 0 saturated carbocycles. The van der Waals surface area contributed by atoms with Crippen LogP contribution < -0.4 is 76.1 Å². The minimum absolute atomic E-state index is 0. The van der Waals surface area contributed by atoms with Crippen molar-refractivity contribution < 1.29 is 101 Å². The van der Waals surface area contributed by atoms with Crippen LogP contribution in [-0.4, -0.2) is 84.7 Å². The Hall–Kier alpha value is -0.200. The van der Waals surface area contributed by atoms with Crippen molar-refractivity contribution in [3.05, 3.63) is 27.9 Å². The van der Waals surface area contributed by atoms with Crippen LogP contribution in [0.15, 0.2) is 17.4 Å². The van der Waals surface area contributed by atoms with E-state index in [0.29, 0.717) is 15.9 Å². The topological polar surface area (TPSA) is 253 Å². The first-order valence-corrected chi connectivity index (χ1v) is 19.0. The average molecular weight is 766 g/mol. The van der Waals surface area contributed by atoms with Gasteiger partial charge >= 0.3 is 59.1 Å². The molecule has 242 valence electrons. The van der Waals surface area contributed by atoms with E-state index in [1.165, 1.54) is 24.3 Å². The van der Waals surface area contributed by atoms with Gasteiger partial charge in [0.2, 0.25) is 12.7 Å². The van der Waals surface area contributed by atoms with Crippen LogP contribution in [-0.2, 0) is 65.9 Å². The number of nitrogens with zero attached hydrogens (tertiary/aromatic N) is 6. The fourth-order valence-corrected chi connectivity index (χ4v) is 9.18. The number of imidazole rings is 1. The third-order valence-corrected chi connectivity index (χ3v) is 11.4. The van der Waals surface area contributed by atoms with Crippen molar-refractivity contribution in [2.45, 2.75) is 49.3 Å². The second-order valence-electron chi connectivity index (χ2n) is 10.1. The molecule has 3 fully saturated rings. The summed E-state index contributed by atoms with van der Waals surface area (Å²) in [5.74, 6) is 0.0257. The summed E-state index contributed by atoms with van der Waals surface area (Å²) in [4.78, 5) is 31.8. The van der Waals surface area contributed by atoms with Gasteiger partial charge in [-0.05, 0) is 11.5 Å². The van der Waals surface area contributed by atoms with Crippen LogP contribution in [0.5, 0.6) is 0 Å². The molecule has 26 heteroatoms. The van der Waals surface area contributed by atoms with Gasteiger partial charge in [-0.25, -0.2) is 15.0 Å². The molecule has 19 nitrogen and oxygen atoms in total. The molecule has 0 aromatic carbocycles. The second-order valence-corrected chi connectivity index (χ2v) is 16.4. The molecule has 4 aromatic rings. The van der Waals surface area contributed by atoms with Gasteiger partial charge in [0.1, 0.15) is 41.8 Å². The van der Waals surface area contributed by atoms with E-state index in [9.17, 15) is 13.9 Å². The summed E-state index contributed by atoms with van der Waals surface area (Å²) in [5.41, 5.74) is 12.0. The number of methoxy groups -OCH3 is 1. The Morgan fingerprint density at radius 2 is 1.72 bits per heavy atom. The summed E-state index contributed by atoms with van der Waals surface area (Å²) in [5, 5.41) is 0. The Balaban J connectivity index is 0.00000217. The molecule has 2 bridgehead atoms. The summed E-state index contributed by atoms with van der Waals surface area (Å²) in [6.45, 7) is -9.29. The van der Waals surface area contributed by atoms with Crippen LogP contribution >= 0.6 is 25.1 Å². The molecule has 0 aliphatic carbocycles. The zero-order chi connectivity index (χ0) is 31.7. The number of nitrogen functional groups attached to an aromatic ring is 2. The fraction of sp³-hybridized carbons (Fsp3) is 0.524. The Labute approximate surface area is 324 Å². The number of fused-ring (bicyclic) bond motifs is 5. The van der Waals surface area contributed by atoms with E-state index in [-0.39, 0.29) is 88.5 Å². The van der Waals surface area contributed by atoms with E-state index in [0.717, 1.165) is 11.5 Å². The predicted octanol–water partition coefficient (Wildman–Crippen LogP) is -4.74. The first kappa shape index (κ1) is 38.0. The van der Waals surface area contributed by atoms with Crippen LogP contribution in [0, 0.1) is 0 Å². The van der Waals surface area contributed by atoms with E-state index in [1.54, 1.807) is 0 Å². The number of nitrogens with two attached hydrogens (primary N) is 2. The maximum atomic E-state index is 13.6. The minimum atomic E-state index is -4.32. The van der Waals surface area contributed by atoms with E-state index in [2.05, 4.69) is 29.3 Å². The third-order valence-electron chi connectivity index (χ3n) is 7.40. The Morgan fingerprint density at radius 1 is 1.00 bits per heavy atom. The number of hydrogen-bond acceptors (Lipinski definition) is 20. The summed E-state index contributed by atoms with van der Waals surface area (Å²) < 4.78 is 73.6. The van der Waals surface area contributed by atoms with Crippen LogP contribution in [0.4, 0.5) is 11.8 Å². The number of H-pyrrole nitrogens is 1. The average Bonchev–Trinajstić information content (AvgIpc) is 3.74. The normalized spacial score (nSPS) is 34.5. The van der Waals surface area contributed by atoms with E-state index in [1.807, 2.05) is 0 Å². The molecular weight excluding hydrogens is 742 g/mol. The first-order valence-electron chi connectivity index (χ1n) is 13.1. The van der Waals surface area contributed by atoms with Crippen LogP contribution in [0.2, 0.25) is 0 Å². The van der Waals surface area contributed by atoms with Gasteiger partial charge in [-0.2, -0.15) is 9.36 Å². The quantitative estimate of drug-likeness (QED) is 0.101. The Bertz CT molecular complexity index is 1940. The monoisotopic (exact) mass is 765 g/mol. The van der Waals surface area contributed by atoms with Gasteiger partial charge in [0, 0.05) is 13.5 Å². The summed E-state index contributed by atoms with van der Waals surface area (Å²) in [6, 6.07) is 0. The molecule has 0 amide bonds. The molecule has 0 radical (unpaired) electrons. The SMILES string of the molecule is CO[C@H]1[C@H]2OP(=O)([S-])OC[C@H]3O[C@@H](c4snc5c(N)ncnc45)C[C@@H]3OP(=O)([S-])OC[C@H]1O[C@H]2n1cnc2c(=O)[nH]c(N)nc21.[Na+].[Na+]. The van der Waals surface area contributed by atoms with Crippen molar-refractivity contribution in [2.24, 2.45) is 0 Å². The molecule has 0 spiro atoms. The summed E-state index contributed by atoms with van der Waals surface area (Å²) in [6.07, 6.45) is -4.22. The van der Waals surface area contributed by atoms with Gasteiger partial charge in [-0.15, -0.1) is 0 Å². The number of aromatic amines is 1. The third kappa shape index (κ3) is 7.56. The van der Waals surface area contributed by atoms with Gasteiger partial charge in [-0.3, -0.25) is 23.5 Å². The largest absolute Gasteiger partial charge is 1.00 e. The molecule has 3 aliphatic rings. The van der Waals surface area contributed by atoms with Gasteiger partial charge in [0.25, 0.3) is 5.56 Å². The van der Waals surface area contributed by atoms with Crippen LogP contribution in [0.25, 0.3) is 22.2 Å². The molecule has 47 heavy (non-hydrogen) atoms. The molecule has 9 atom stereocenters. The van der Waals surface area contributed by atoms with E-state index < -0.39 is 75.2 Å². The van der Waals surface area contributed by atoms with Crippen molar-refractivity contribution in [1.82, 2.24) is 33.9 Å². The van der Waals surface area contributed by atoms with Crippen molar-refractivity contribution in [2.75, 3.05) is 31.8 Å². The molecule has 5 N–H and O–H groups in total. The van der Waals surface area contributed by atoms with Crippen LogP contribution in [0.3, 0.4) is 0 Å². The molecule has 3 aliphatic heterocycles. The zero-order valence-corrected chi connectivity index (χ0v) is 33.1. The predicted molar refractivity (Wildman–Crippen MR) is 161 cm³/mol. The van der Waals surface area contributed by atoms with E-state index >= 15 is 0 Å². The number of rotatable bonds is 3. The minimum Gasteiger partial charge on any atom is -0.660 e. The second kappa shape index (κ2) is 14.8. The van der Waals surface area contributed by atoms with Gasteiger partial charge in [0.15, 0.2) is 30.0 Å². The molecule has 4 aromatic heterocycles. The molecule has 3 saturated heterocycles. The first-order chi connectivity index (χ1) is 21.4. The van der Waals surface area contributed by atoms with Crippen molar-refractivity contribution in [3.63, 3.8) is 0 Å².